The second kappa shape index (κ2) is 4.56. The molecule has 0 radical (unpaired) electrons. The molecule has 102 valence electrons. The molecular weight excluding hydrogens is 264 g/mol. The first-order chi connectivity index (χ1) is 8.84. The summed E-state index contributed by atoms with van der Waals surface area (Å²) in [4.78, 5) is 0. The smallest absolute Gasteiger partial charge is 0.367 e. The van der Waals surface area contributed by atoms with Gasteiger partial charge >= 0.3 is 6.18 Å². The Kier molecular flexibility index (Phi) is 3.21. The molecule has 0 atom stereocenters. The van der Waals surface area contributed by atoms with Crippen molar-refractivity contribution in [3.05, 3.63) is 35.1 Å². The molecule has 0 spiro atoms. The molecule has 0 aliphatic carbocycles. The Hall–Kier alpha value is -2.05. The van der Waals surface area contributed by atoms with Crippen molar-refractivity contribution in [1.82, 2.24) is 5.16 Å². The third-order valence-corrected chi connectivity index (χ3v) is 2.72. The maximum Gasteiger partial charge on any atom is 0.416 e. The zero-order valence-corrected chi connectivity index (χ0v) is 9.88. The minimum absolute atomic E-state index is 0.00333. The molecule has 0 amide bonds. The molecule has 1 heterocycles. The monoisotopic (exact) mass is 274 g/mol. The van der Waals surface area contributed by atoms with E-state index in [0.29, 0.717) is 24.1 Å². The van der Waals surface area contributed by atoms with Crippen LogP contribution in [0.1, 0.15) is 18.1 Å². The molecule has 0 unspecified atom stereocenters. The van der Waals surface area contributed by atoms with E-state index in [1.54, 1.807) is 6.92 Å². The number of benzene rings is 1. The number of nitrogen functional groups attached to an aromatic ring is 1. The zero-order chi connectivity index (χ0) is 14.2. The van der Waals surface area contributed by atoms with E-state index in [9.17, 15) is 17.6 Å². The van der Waals surface area contributed by atoms with Crippen LogP contribution >= 0.6 is 0 Å². The normalized spacial score (nSPS) is 11.8. The molecule has 0 saturated carbocycles. The largest absolute Gasteiger partial charge is 0.416 e. The van der Waals surface area contributed by atoms with Gasteiger partial charge in [0.1, 0.15) is 11.5 Å². The van der Waals surface area contributed by atoms with E-state index >= 15 is 0 Å². The van der Waals surface area contributed by atoms with E-state index in [1.165, 1.54) is 0 Å². The van der Waals surface area contributed by atoms with Crippen molar-refractivity contribution in [1.29, 1.82) is 0 Å². The summed E-state index contributed by atoms with van der Waals surface area (Å²) >= 11 is 0. The molecular formula is C12H10F4N2O. The summed E-state index contributed by atoms with van der Waals surface area (Å²) in [6, 6.07) is 2.13. The standard InChI is InChI=1S/C12H10F4N2O/c1-2-7-10(18-19-11(7)17)8-5-6(12(14,15)16)3-4-9(8)13/h3-5H,2,17H2,1H3. The number of rotatable bonds is 2. The fraction of sp³-hybridized carbons (Fsp3) is 0.250. The average molecular weight is 274 g/mol. The maximum absolute atomic E-state index is 13.7. The molecule has 2 aromatic rings. The highest BCUT2D eigenvalue weighted by Crippen LogP contribution is 2.35. The van der Waals surface area contributed by atoms with Gasteiger partial charge in [-0.05, 0) is 24.6 Å². The highest BCUT2D eigenvalue weighted by Gasteiger charge is 2.32. The van der Waals surface area contributed by atoms with Gasteiger partial charge in [-0.3, -0.25) is 0 Å². The third kappa shape index (κ3) is 2.40. The van der Waals surface area contributed by atoms with Gasteiger partial charge in [-0.15, -0.1) is 0 Å². The highest BCUT2D eigenvalue weighted by atomic mass is 19.4. The van der Waals surface area contributed by atoms with Crippen molar-refractivity contribution in [2.45, 2.75) is 19.5 Å². The van der Waals surface area contributed by atoms with Crippen molar-refractivity contribution in [3.8, 4) is 11.3 Å². The Morgan fingerprint density at radius 2 is 2.00 bits per heavy atom. The van der Waals surface area contributed by atoms with Crippen molar-refractivity contribution in [2.75, 3.05) is 5.73 Å². The van der Waals surface area contributed by atoms with Crippen LogP contribution in [0.15, 0.2) is 22.7 Å². The van der Waals surface area contributed by atoms with Crippen LogP contribution in [-0.2, 0) is 12.6 Å². The number of hydrogen-bond acceptors (Lipinski definition) is 3. The number of hydrogen-bond donors (Lipinski definition) is 1. The Labute approximate surface area is 106 Å². The highest BCUT2D eigenvalue weighted by molar-refractivity contribution is 5.68. The van der Waals surface area contributed by atoms with Crippen molar-refractivity contribution in [2.24, 2.45) is 0 Å². The summed E-state index contributed by atoms with van der Waals surface area (Å²) in [5.41, 5.74) is 4.66. The van der Waals surface area contributed by atoms with Gasteiger partial charge in [0, 0.05) is 11.1 Å². The minimum Gasteiger partial charge on any atom is -0.367 e. The van der Waals surface area contributed by atoms with Crippen LogP contribution in [-0.4, -0.2) is 5.16 Å². The second-order valence-corrected chi connectivity index (χ2v) is 3.92. The van der Waals surface area contributed by atoms with Crippen LogP contribution in [0.3, 0.4) is 0 Å². The van der Waals surface area contributed by atoms with Crippen molar-refractivity contribution < 1.29 is 22.1 Å². The Morgan fingerprint density at radius 3 is 2.58 bits per heavy atom. The molecule has 0 aliphatic rings. The molecule has 0 bridgehead atoms. The summed E-state index contributed by atoms with van der Waals surface area (Å²) in [6.45, 7) is 1.72. The Balaban J connectivity index is 2.61. The molecule has 2 N–H and O–H groups in total. The lowest BCUT2D eigenvalue weighted by Crippen LogP contribution is -2.05. The van der Waals surface area contributed by atoms with Gasteiger partial charge in [-0.25, -0.2) is 4.39 Å². The number of alkyl halides is 3. The van der Waals surface area contributed by atoms with E-state index in [4.69, 9.17) is 10.3 Å². The molecule has 3 nitrogen and oxygen atoms in total. The first kappa shape index (κ1) is 13.4. The van der Waals surface area contributed by atoms with E-state index in [-0.39, 0.29) is 17.1 Å². The van der Waals surface area contributed by atoms with Gasteiger partial charge in [0.25, 0.3) is 0 Å². The number of halogens is 4. The number of aromatic nitrogens is 1. The minimum atomic E-state index is -4.55. The Bertz CT molecular complexity index is 604. The predicted octanol–water partition coefficient (Wildman–Crippen LogP) is 3.64. The summed E-state index contributed by atoms with van der Waals surface area (Å²) in [5, 5.41) is 3.53. The number of nitrogens with two attached hydrogens (primary N) is 1. The molecule has 0 saturated heterocycles. The Morgan fingerprint density at radius 1 is 1.32 bits per heavy atom. The lowest BCUT2D eigenvalue weighted by atomic mass is 10.0. The summed E-state index contributed by atoms with van der Waals surface area (Å²) in [6.07, 6.45) is -4.18. The summed E-state index contributed by atoms with van der Waals surface area (Å²) in [5.74, 6) is -0.828. The number of nitrogens with zero attached hydrogens (tertiary/aromatic N) is 1. The maximum atomic E-state index is 13.7. The molecule has 1 aromatic carbocycles. The summed E-state index contributed by atoms with van der Waals surface area (Å²) < 4.78 is 56.2. The van der Waals surface area contributed by atoms with Crippen molar-refractivity contribution >= 4 is 5.88 Å². The molecule has 2 rings (SSSR count). The van der Waals surface area contributed by atoms with Gasteiger partial charge in [0.15, 0.2) is 0 Å². The molecule has 0 aliphatic heterocycles. The van der Waals surface area contributed by atoms with Gasteiger partial charge in [0.2, 0.25) is 5.88 Å². The molecule has 19 heavy (non-hydrogen) atoms. The lowest BCUT2D eigenvalue weighted by molar-refractivity contribution is -0.137. The zero-order valence-electron chi connectivity index (χ0n) is 9.88. The third-order valence-electron chi connectivity index (χ3n) is 2.72. The van der Waals surface area contributed by atoms with E-state index in [0.717, 1.165) is 6.07 Å². The van der Waals surface area contributed by atoms with Gasteiger partial charge in [-0.1, -0.05) is 12.1 Å². The fourth-order valence-electron chi connectivity index (χ4n) is 1.76. The van der Waals surface area contributed by atoms with E-state index in [1.807, 2.05) is 0 Å². The first-order valence-corrected chi connectivity index (χ1v) is 5.45. The van der Waals surface area contributed by atoms with E-state index < -0.39 is 17.6 Å². The number of anilines is 1. The topological polar surface area (TPSA) is 52.0 Å². The quantitative estimate of drug-likeness (QED) is 0.850. The summed E-state index contributed by atoms with van der Waals surface area (Å²) in [7, 11) is 0. The van der Waals surface area contributed by atoms with Crippen LogP contribution < -0.4 is 5.73 Å². The van der Waals surface area contributed by atoms with Gasteiger partial charge in [0.05, 0.1) is 5.56 Å². The van der Waals surface area contributed by atoms with Crippen LogP contribution in [0.5, 0.6) is 0 Å². The van der Waals surface area contributed by atoms with Crippen LogP contribution in [0, 0.1) is 5.82 Å². The van der Waals surface area contributed by atoms with Crippen LogP contribution in [0.2, 0.25) is 0 Å². The molecule has 1 aromatic heterocycles. The second-order valence-electron chi connectivity index (χ2n) is 3.92. The lowest BCUT2D eigenvalue weighted by Gasteiger charge is -2.09. The fourth-order valence-corrected chi connectivity index (χ4v) is 1.76. The first-order valence-electron chi connectivity index (χ1n) is 5.45. The van der Waals surface area contributed by atoms with Gasteiger partial charge in [-0.2, -0.15) is 13.2 Å². The van der Waals surface area contributed by atoms with Crippen LogP contribution in [0.4, 0.5) is 23.4 Å². The average Bonchev–Trinajstić information content (AvgIpc) is 2.69. The van der Waals surface area contributed by atoms with Crippen LogP contribution in [0.25, 0.3) is 11.3 Å². The van der Waals surface area contributed by atoms with Crippen molar-refractivity contribution in [3.63, 3.8) is 0 Å². The SMILES string of the molecule is CCc1c(-c2cc(C(F)(F)F)ccc2F)noc1N. The molecule has 0 fully saturated rings. The van der Waals surface area contributed by atoms with Gasteiger partial charge < -0.3 is 10.3 Å². The molecule has 7 heteroatoms. The predicted molar refractivity (Wildman–Crippen MR) is 60.7 cm³/mol. The van der Waals surface area contributed by atoms with E-state index in [2.05, 4.69) is 5.16 Å².